The second-order valence-corrected chi connectivity index (χ2v) is 8.87. The minimum atomic E-state index is 0.658. The van der Waals surface area contributed by atoms with Crippen LogP contribution in [0, 0.1) is 11.8 Å². The molecule has 0 N–H and O–H groups in total. The monoisotopic (exact) mass is 510 g/mol. The van der Waals surface area contributed by atoms with Crippen LogP contribution in [-0.2, 0) is 12.8 Å². The van der Waals surface area contributed by atoms with Gasteiger partial charge >= 0.3 is 0 Å². The number of unbranched alkanes of at least 4 members (excludes halogenated alkanes) is 1. The maximum Gasteiger partial charge on any atom is 0.118 e. The van der Waals surface area contributed by atoms with Crippen molar-refractivity contribution in [1.29, 1.82) is 0 Å². The highest BCUT2D eigenvalue weighted by Crippen LogP contribution is 2.31. The third kappa shape index (κ3) is 7.79. The molecule has 0 radical (unpaired) electrons. The largest absolute Gasteiger partial charge is 0.497 e. The van der Waals surface area contributed by atoms with Crippen molar-refractivity contribution in [2.24, 2.45) is 11.8 Å². The zero-order chi connectivity index (χ0) is 20.2. The Kier molecular flexibility index (Phi) is 11.0. The van der Waals surface area contributed by atoms with Crippen molar-refractivity contribution in [1.82, 2.24) is 0 Å². The van der Waals surface area contributed by atoms with Crippen molar-refractivity contribution in [3.63, 3.8) is 0 Å². The molecule has 0 aliphatic heterocycles. The van der Waals surface area contributed by atoms with E-state index in [9.17, 15) is 0 Å². The van der Waals surface area contributed by atoms with Crippen LogP contribution in [0.15, 0.2) is 48.5 Å². The molecule has 0 heterocycles. The summed E-state index contributed by atoms with van der Waals surface area (Å²) < 4.78 is 10.6. The van der Waals surface area contributed by atoms with Gasteiger partial charge in [-0.25, -0.2) is 0 Å². The fourth-order valence-corrected chi connectivity index (χ4v) is 4.76. The maximum atomic E-state index is 5.32. The predicted octanol–water partition coefficient (Wildman–Crippen LogP) is 7.07. The molecule has 2 aromatic rings. The third-order valence-corrected chi connectivity index (χ3v) is 6.44. The molecule has 2 nitrogen and oxygen atoms in total. The van der Waals surface area contributed by atoms with Crippen molar-refractivity contribution >= 4 is 31.9 Å². The zero-order valence-electron chi connectivity index (χ0n) is 17.0. The van der Waals surface area contributed by atoms with Crippen LogP contribution in [0.5, 0.6) is 11.5 Å². The van der Waals surface area contributed by atoms with Crippen LogP contribution in [0.3, 0.4) is 0 Å². The Morgan fingerprint density at radius 3 is 1.50 bits per heavy atom. The first kappa shape index (κ1) is 23.3. The van der Waals surface area contributed by atoms with E-state index in [4.69, 9.17) is 9.47 Å². The van der Waals surface area contributed by atoms with Crippen LogP contribution >= 0.6 is 31.9 Å². The summed E-state index contributed by atoms with van der Waals surface area (Å²) >= 11 is 7.28. The first-order valence-corrected chi connectivity index (χ1v) is 12.3. The van der Waals surface area contributed by atoms with Gasteiger partial charge in [-0.1, -0.05) is 62.5 Å². The van der Waals surface area contributed by atoms with E-state index >= 15 is 0 Å². The lowest BCUT2D eigenvalue weighted by Gasteiger charge is -2.27. The van der Waals surface area contributed by atoms with Gasteiger partial charge in [-0.15, -0.1) is 0 Å². The molecule has 2 rings (SSSR count). The Labute approximate surface area is 187 Å². The molecule has 0 aliphatic carbocycles. The third-order valence-electron chi connectivity index (χ3n) is 5.42. The smallest absolute Gasteiger partial charge is 0.118 e. The van der Waals surface area contributed by atoms with Gasteiger partial charge in [0.25, 0.3) is 0 Å². The maximum absolute atomic E-state index is 5.32. The van der Waals surface area contributed by atoms with Crippen molar-refractivity contribution in [3.05, 3.63) is 59.7 Å². The van der Waals surface area contributed by atoms with E-state index in [0.717, 1.165) is 35.0 Å². The topological polar surface area (TPSA) is 18.5 Å². The summed E-state index contributed by atoms with van der Waals surface area (Å²) in [6, 6.07) is 17.2. The van der Waals surface area contributed by atoms with Crippen molar-refractivity contribution in [3.8, 4) is 11.5 Å². The van der Waals surface area contributed by atoms with E-state index in [1.807, 2.05) is 0 Å². The molecule has 0 aliphatic rings. The molecule has 28 heavy (non-hydrogen) atoms. The molecule has 154 valence electrons. The van der Waals surface area contributed by atoms with E-state index in [0.29, 0.717) is 11.8 Å². The lowest BCUT2D eigenvalue weighted by atomic mass is 9.78. The van der Waals surface area contributed by atoms with Crippen LogP contribution < -0.4 is 9.47 Å². The number of methoxy groups -OCH3 is 2. The highest BCUT2D eigenvalue weighted by atomic mass is 79.9. The fourth-order valence-electron chi connectivity index (χ4n) is 3.78. The number of alkyl halides is 2. The molecule has 0 unspecified atom stereocenters. The van der Waals surface area contributed by atoms with Crippen LogP contribution in [-0.4, -0.2) is 24.9 Å². The molecule has 0 fully saturated rings. The summed E-state index contributed by atoms with van der Waals surface area (Å²) in [6.07, 6.45) is 7.22. The Balaban J connectivity index is 2.13. The molecule has 2 aromatic carbocycles. The van der Waals surface area contributed by atoms with Crippen LogP contribution in [0.1, 0.15) is 36.8 Å². The highest BCUT2D eigenvalue weighted by molar-refractivity contribution is 9.09. The average Bonchev–Trinajstić information content (AvgIpc) is 2.74. The number of benzene rings is 2. The van der Waals surface area contributed by atoms with Gasteiger partial charge in [0.2, 0.25) is 0 Å². The molecule has 4 heteroatoms. The number of halogens is 2. The molecule has 2 atom stereocenters. The summed E-state index contributed by atoms with van der Waals surface area (Å²) in [4.78, 5) is 0. The summed E-state index contributed by atoms with van der Waals surface area (Å²) in [7, 11) is 3.44. The van der Waals surface area contributed by atoms with E-state index in [1.165, 1.54) is 36.8 Å². The van der Waals surface area contributed by atoms with Crippen molar-refractivity contribution < 1.29 is 9.47 Å². The van der Waals surface area contributed by atoms with Crippen LogP contribution in [0.25, 0.3) is 0 Å². The number of rotatable bonds is 13. The molecule has 0 aromatic heterocycles. The fraction of sp³-hybridized carbons (Fsp3) is 0.500. The van der Waals surface area contributed by atoms with E-state index in [-0.39, 0.29) is 0 Å². The summed E-state index contributed by atoms with van der Waals surface area (Å²) in [6.45, 7) is 0. The van der Waals surface area contributed by atoms with Gasteiger partial charge in [0, 0.05) is 10.7 Å². The van der Waals surface area contributed by atoms with Crippen molar-refractivity contribution in [2.45, 2.75) is 38.5 Å². The Morgan fingerprint density at radius 1 is 0.643 bits per heavy atom. The van der Waals surface area contributed by atoms with Crippen LogP contribution in [0.4, 0.5) is 0 Å². The van der Waals surface area contributed by atoms with Gasteiger partial charge in [0.15, 0.2) is 0 Å². The van der Waals surface area contributed by atoms with Crippen LogP contribution in [0.2, 0.25) is 0 Å². The molecular formula is C24H32Br2O2. The Bertz CT molecular complexity index is 655. The van der Waals surface area contributed by atoms with Crippen molar-refractivity contribution in [2.75, 3.05) is 24.9 Å². The van der Waals surface area contributed by atoms with Gasteiger partial charge in [-0.3, -0.25) is 0 Å². The standard InChI is InChI=1S/C24H32Br2O2/c1-27-23-10-6-19(7-11-23)17-21(5-3-4-15-25)22(14-16-26)18-20-8-12-24(28-2)13-9-20/h6-13,21-22H,3-5,14-18H2,1-2H3/t21-,22-/m1/s1. The lowest BCUT2D eigenvalue weighted by Crippen LogP contribution is -2.21. The van der Waals surface area contributed by atoms with E-state index in [2.05, 4.69) is 80.4 Å². The SMILES string of the molecule is COc1ccc(C[C@@H](CCBr)[C@H](CCCCBr)Cc2ccc(OC)cc2)cc1. The van der Waals surface area contributed by atoms with Gasteiger partial charge in [-0.2, -0.15) is 0 Å². The predicted molar refractivity (Wildman–Crippen MR) is 126 cm³/mol. The normalized spacial score (nSPS) is 13.1. The first-order chi connectivity index (χ1) is 13.7. The van der Waals surface area contributed by atoms with Gasteiger partial charge in [0.05, 0.1) is 14.2 Å². The summed E-state index contributed by atoms with van der Waals surface area (Å²) in [5.74, 6) is 3.18. The quantitative estimate of drug-likeness (QED) is 0.211. The Hall–Kier alpha value is -1.00. The molecule has 0 bridgehead atoms. The minimum absolute atomic E-state index is 0.658. The molecule has 0 spiro atoms. The summed E-state index contributed by atoms with van der Waals surface area (Å²) in [5, 5.41) is 2.13. The number of hydrogen-bond acceptors (Lipinski definition) is 2. The number of ether oxygens (including phenoxy) is 2. The molecule has 0 amide bonds. The Morgan fingerprint density at radius 2 is 1.11 bits per heavy atom. The average molecular weight is 512 g/mol. The van der Waals surface area contributed by atoms with Gasteiger partial charge in [-0.05, 0) is 79.3 Å². The lowest BCUT2D eigenvalue weighted by molar-refractivity contribution is 0.295. The molecule has 0 saturated heterocycles. The highest BCUT2D eigenvalue weighted by Gasteiger charge is 2.22. The second kappa shape index (κ2) is 13.3. The number of hydrogen-bond donors (Lipinski definition) is 0. The van der Waals surface area contributed by atoms with Gasteiger partial charge in [0.1, 0.15) is 11.5 Å². The molecular weight excluding hydrogens is 480 g/mol. The summed E-state index contributed by atoms with van der Waals surface area (Å²) in [5.41, 5.74) is 2.80. The second-order valence-electron chi connectivity index (χ2n) is 7.29. The van der Waals surface area contributed by atoms with E-state index in [1.54, 1.807) is 14.2 Å². The van der Waals surface area contributed by atoms with E-state index < -0.39 is 0 Å². The zero-order valence-corrected chi connectivity index (χ0v) is 20.2. The minimum Gasteiger partial charge on any atom is -0.497 e. The molecule has 0 saturated carbocycles. The van der Waals surface area contributed by atoms with Gasteiger partial charge < -0.3 is 9.47 Å². The first-order valence-electron chi connectivity index (χ1n) is 10.1.